The van der Waals surface area contributed by atoms with Gasteiger partial charge in [-0.25, -0.2) is 0 Å². The number of carbonyl (C=O) groups is 1. The van der Waals surface area contributed by atoms with Crippen molar-refractivity contribution in [3.8, 4) is 0 Å². The highest BCUT2D eigenvalue weighted by Gasteiger charge is 2.15. The first-order chi connectivity index (χ1) is 10.7. The number of hydrogen-bond donors (Lipinski definition) is 1. The molecule has 2 heterocycles. The fourth-order valence-electron chi connectivity index (χ4n) is 2.38. The van der Waals surface area contributed by atoms with Crippen LogP contribution in [0.25, 0.3) is 0 Å². The zero-order valence-corrected chi connectivity index (χ0v) is 12.1. The van der Waals surface area contributed by atoms with E-state index in [1.807, 2.05) is 24.3 Å². The lowest BCUT2D eigenvalue weighted by Crippen LogP contribution is -2.36. The number of morpholine rings is 1. The third-order valence-corrected chi connectivity index (χ3v) is 3.56. The van der Waals surface area contributed by atoms with E-state index >= 15 is 0 Å². The predicted molar refractivity (Wildman–Crippen MR) is 82.8 cm³/mol. The van der Waals surface area contributed by atoms with Gasteiger partial charge in [-0.15, -0.1) is 0 Å². The lowest BCUT2D eigenvalue weighted by atomic mass is 10.2. The van der Waals surface area contributed by atoms with Crippen molar-refractivity contribution in [1.82, 2.24) is 0 Å². The van der Waals surface area contributed by atoms with Crippen LogP contribution in [0.1, 0.15) is 10.5 Å². The number of ether oxygens (including phenoxy) is 1. The molecule has 0 bridgehead atoms. The van der Waals surface area contributed by atoms with Crippen LogP contribution in [0.5, 0.6) is 0 Å². The van der Waals surface area contributed by atoms with Crippen LogP contribution in [0.3, 0.4) is 0 Å². The molecule has 0 unspecified atom stereocenters. The first-order valence-electron chi connectivity index (χ1n) is 7.16. The first kappa shape index (κ1) is 14.3. The molecule has 6 heteroatoms. The molecule has 1 saturated heterocycles. The van der Waals surface area contributed by atoms with E-state index < -0.39 is 5.91 Å². The van der Waals surface area contributed by atoms with Crippen molar-refractivity contribution < 1.29 is 14.3 Å². The molecule has 1 amide bonds. The second-order valence-corrected chi connectivity index (χ2v) is 5.01. The van der Waals surface area contributed by atoms with Crippen molar-refractivity contribution in [3.05, 3.63) is 59.6 Å². The Kier molecular flexibility index (Phi) is 4.20. The van der Waals surface area contributed by atoms with Gasteiger partial charge >= 0.3 is 5.91 Å². The average Bonchev–Trinajstić information content (AvgIpc) is 2.57. The molecule has 0 spiro atoms. The van der Waals surface area contributed by atoms with E-state index in [0.29, 0.717) is 10.4 Å². The van der Waals surface area contributed by atoms with Gasteiger partial charge in [0.25, 0.3) is 5.69 Å². The normalized spacial score (nSPS) is 14.6. The summed E-state index contributed by atoms with van der Waals surface area (Å²) in [5.74, 6) is -0.422. The molecule has 2 aromatic rings. The quantitative estimate of drug-likeness (QED) is 0.687. The molecule has 1 aliphatic heterocycles. The summed E-state index contributed by atoms with van der Waals surface area (Å²) < 4.78 is 5.88. The molecular weight excluding hydrogens is 282 g/mol. The van der Waals surface area contributed by atoms with Crippen molar-refractivity contribution in [2.24, 2.45) is 0 Å². The molecule has 114 valence electrons. The third-order valence-electron chi connectivity index (χ3n) is 3.56. The molecule has 0 aliphatic carbocycles. The van der Waals surface area contributed by atoms with Crippen LogP contribution in [0.4, 0.5) is 11.4 Å². The number of benzene rings is 1. The van der Waals surface area contributed by atoms with Crippen LogP contribution in [0, 0.1) is 5.21 Å². The van der Waals surface area contributed by atoms with E-state index in [-0.39, 0.29) is 5.69 Å². The minimum absolute atomic E-state index is 0.0692. The fourth-order valence-corrected chi connectivity index (χ4v) is 2.38. The highest BCUT2D eigenvalue weighted by Crippen LogP contribution is 2.19. The monoisotopic (exact) mass is 299 g/mol. The summed E-state index contributed by atoms with van der Waals surface area (Å²) in [6.07, 6.45) is 1.30. The number of carbonyl (C=O) groups excluding carboxylic acids is 1. The summed E-state index contributed by atoms with van der Waals surface area (Å²) in [4.78, 5) is 14.3. The van der Waals surface area contributed by atoms with Gasteiger partial charge in [0, 0.05) is 36.6 Å². The van der Waals surface area contributed by atoms with E-state index in [0.717, 1.165) is 32.0 Å². The fraction of sp³-hybridized carbons (Fsp3) is 0.250. The molecule has 1 aromatic heterocycles. The molecular formula is C16H17N3O3. The van der Waals surface area contributed by atoms with Gasteiger partial charge in [0.2, 0.25) is 0 Å². The number of nitrogens with zero attached hydrogens (tertiary/aromatic N) is 2. The van der Waals surface area contributed by atoms with Crippen LogP contribution in [0.2, 0.25) is 0 Å². The summed E-state index contributed by atoms with van der Waals surface area (Å²) in [5, 5.41) is 14.3. The van der Waals surface area contributed by atoms with Crippen molar-refractivity contribution >= 4 is 17.3 Å². The molecule has 6 nitrogen and oxygen atoms in total. The van der Waals surface area contributed by atoms with Crippen molar-refractivity contribution in [2.75, 3.05) is 36.5 Å². The van der Waals surface area contributed by atoms with E-state index in [4.69, 9.17) is 4.74 Å². The Bertz CT molecular complexity index is 652. The van der Waals surface area contributed by atoms with Gasteiger partial charge in [-0.3, -0.25) is 4.79 Å². The van der Waals surface area contributed by atoms with Gasteiger partial charge in [-0.2, -0.15) is 4.73 Å². The maximum absolute atomic E-state index is 12.1. The second kappa shape index (κ2) is 6.44. The van der Waals surface area contributed by atoms with Gasteiger partial charge < -0.3 is 20.2 Å². The minimum atomic E-state index is -0.422. The number of rotatable bonds is 3. The maximum atomic E-state index is 12.1. The second-order valence-electron chi connectivity index (χ2n) is 5.01. The Labute approximate surface area is 128 Å². The summed E-state index contributed by atoms with van der Waals surface area (Å²) in [7, 11) is 0. The van der Waals surface area contributed by atoms with Crippen molar-refractivity contribution in [3.63, 3.8) is 0 Å². The Morgan fingerprint density at radius 1 is 1.14 bits per heavy atom. The van der Waals surface area contributed by atoms with Gasteiger partial charge in [-0.1, -0.05) is 0 Å². The Balaban J connectivity index is 1.68. The maximum Gasteiger partial charge on any atom is 0.321 e. The number of pyridine rings is 1. The summed E-state index contributed by atoms with van der Waals surface area (Å²) in [5.41, 5.74) is 1.82. The number of hydrogen-bond acceptors (Lipinski definition) is 4. The van der Waals surface area contributed by atoms with Crippen LogP contribution < -0.4 is 14.9 Å². The molecule has 0 saturated carbocycles. The van der Waals surface area contributed by atoms with Crippen molar-refractivity contribution in [1.29, 1.82) is 0 Å². The molecule has 1 aliphatic rings. The van der Waals surface area contributed by atoms with Crippen LogP contribution in [0.15, 0.2) is 48.7 Å². The number of nitrogens with one attached hydrogen (secondary N) is 1. The molecule has 0 radical (unpaired) electrons. The van der Waals surface area contributed by atoms with Gasteiger partial charge in [0.15, 0.2) is 6.20 Å². The zero-order valence-electron chi connectivity index (χ0n) is 12.1. The van der Waals surface area contributed by atoms with Crippen LogP contribution >= 0.6 is 0 Å². The molecule has 1 fully saturated rings. The van der Waals surface area contributed by atoms with Crippen LogP contribution in [-0.2, 0) is 4.74 Å². The lowest BCUT2D eigenvalue weighted by Gasteiger charge is -2.28. The number of aromatic nitrogens is 1. The summed E-state index contributed by atoms with van der Waals surface area (Å²) >= 11 is 0. The molecule has 0 atom stereocenters. The average molecular weight is 299 g/mol. The standard InChI is InChI=1S/C16H17N3O3/c20-16(15-3-1-2-8-19(15)21)17-13-4-6-14(7-5-13)18-9-11-22-12-10-18/h1-8H,9-12H2,(H,17,20). The highest BCUT2D eigenvalue weighted by atomic mass is 16.5. The minimum Gasteiger partial charge on any atom is -0.618 e. The lowest BCUT2D eigenvalue weighted by molar-refractivity contribution is -0.607. The molecule has 1 aromatic carbocycles. The van der Waals surface area contributed by atoms with E-state index in [9.17, 15) is 10.0 Å². The molecule has 1 N–H and O–H groups in total. The van der Waals surface area contributed by atoms with E-state index in [1.54, 1.807) is 12.1 Å². The third kappa shape index (κ3) is 3.17. The van der Waals surface area contributed by atoms with E-state index in [2.05, 4.69) is 10.2 Å². The van der Waals surface area contributed by atoms with Gasteiger partial charge in [0.05, 0.1) is 13.2 Å². The molecule has 22 heavy (non-hydrogen) atoms. The number of anilines is 2. The van der Waals surface area contributed by atoms with Crippen LogP contribution in [-0.4, -0.2) is 32.2 Å². The van der Waals surface area contributed by atoms with Gasteiger partial charge in [-0.05, 0) is 30.3 Å². The van der Waals surface area contributed by atoms with E-state index in [1.165, 1.54) is 12.3 Å². The Morgan fingerprint density at radius 2 is 1.86 bits per heavy atom. The zero-order chi connectivity index (χ0) is 15.4. The topological polar surface area (TPSA) is 68.5 Å². The largest absolute Gasteiger partial charge is 0.618 e. The SMILES string of the molecule is O=C(Nc1ccc(N2CCOCC2)cc1)c1cccc[n+]1[O-]. The number of amides is 1. The highest BCUT2D eigenvalue weighted by molar-refractivity contribution is 6.01. The smallest absolute Gasteiger partial charge is 0.321 e. The molecule has 3 rings (SSSR count). The predicted octanol–water partition coefficient (Wildman–Crippen LogP) is 1.41. The first-order valence-corrected chi connectivity index (χ1v) is 7.16. The van der Waals surface area contributed by atoms with Crippen molar-refractivity contribution in [2.45, 2.75) is 0 Å². The van der Waals surface area contributed by atoms with Gasteiger partial charge in [0.1, 0.15) is 0 Å². The Morgan fingerprint density at radius 3 is 2.55 bits per heavy atom. The summed E-state index contributed by atoms with van der Waals surface area (Å²) in [6.45, 7) is 3.20. The summed E-state index contributed by atoms with van der Waals surface area (Å²) in [6, 6.07) is 12.3. The Hall–Kier alpha value is -2.60.